The summed E-state index contributed by atoms with van der Waals surface area (Å²) in [7, 11) is 0. The molecule has 0 bridgehead atoms. The molecule has 28 heavy (non-hydrogen) atoms. The molecular weight excluding hydrogens is 370 g/mol. The summed E-state index contributed by atoms with van der Waals surface area (Å²) < 4.78 is 0. The number of urea groups is 1. The van der Waals surface area contributed by atoms with Crippen LogP contribution >= 0.6 is 11.3 Å². The summed E-state index contributed by atoms with van der Waals surface area (Å²) in [5.41, 5.74) is 10.6. The van der Waals surface area contributed by atoms with Crippen molar-refractivity contribution in [2.24, 2.45) is 0 Å². The normalized spacial score (nSPS) is 10.8. The first-order valence-corrected chi connectivity index (χ1v) is 9.58. The first kappa shape index (κ1) is 17.9. The molecule has 2 aromatic carbocycles. The predicted molar refractivity (Wildman–Crippen MR) is 116 cm³/mol. The first-order valence-electron chi connectivity index (χ1n) is 8.76. The Kier molecular flexibility index (Phi) is 4.67. The van der Waals surface area contributed by atoms with Crippen molar-refractivity contribution in [1.29, 1.82) is 0 Å². The molecule has 0 aliphatic carbocycles. The number of carbonyl (C=O) groups excluding carboxylic acids is 1. The van der Waals surface area contributed by atoms with Gasteiger partial charge in [0.05, 0.1) is 5.39 Å². The van der Waals surface area contributed by atoms with Gasteiger partial charge in [-0.2, -0.15) is 0 Å². The van der Waals surface area contributed by atoms with Gasteiger partial charge in [-0.1, -0.05) is 30.3 Å². The van der Waals surface area contributed by atoms with Crippen LogP contribution in [0.4, 0.5) is 22.0 Å². The van der Waals surface area contributed by atoms with Crippen LogP contribution in [-0.2, 0) is 0 Å². The van der Waals surface area contributed by atoms with Crippen molar-refractivity contribution in [1.82, 2.24) is 9.97 Å². The number of aryl methyl sites for hydroxylation is 2. The molecule has 0 aliphatic heterocycles. The molecule has 2 amide bonds. The van der Waals surface area contributed by atoms with Crippen molar-refractivity contribution >= 4 is 44.8 Å². The van der Waals surface area contributed by atoms with Gasteiger partial charge < -0.3 is 16.4 Å². The van der Waals surface area contributed by atoms with Crippen molar-refractivity contribution in [2.45, 2.75) is 13.8 Å². The number of thiophene rings is 1. The van der Waals surface area contributed by atoms with E-state index in [4.69, 9.17) is 5.73 Å². The molecule has 0 unspecified atom stereocenters. The van der Waals surface area contributed by atoms with Crippen LogP contribution in [0.2, 0.25) is 0 Å². The molecule has 2 heterocycles. The summed E-state index contributed by atoms with van der Waals surface area (Å²) >= 11 is 1.59. The van der Waals surface area contributed by atoms with Gasteiger partial charge in [0.2, 0.25) is 0 Å². The van der Waals surface area contributed by atoms with Gasteiger partial charge in [-0.15, -0.1) is 11.3 Å². The van der Waals surface area contributed by atoms with Crippen molar-refractivity contribution < 1.29 is 4.79 Å². The van der Waals surface area contributed by atoms with Gasteiger partial charge in [-0.3, -0.25) is 0 Å². The maximum absolute atomic E-state index is 12.3. The molecule has 4 rings (SSSR count). The van der Waals surface area contributed by atoms with Crippen LogP contribution in [0, 0.1) is 13.8 Å². The third-order valence-corrected chi connectivity index (χ3v) is 5.53. The number of hydrogen-bond donors (Lipinski definition) is 3. The van der Waals surface area contributed by atoms with Crippen molar-refractivity contribution in [3.63, 3.8) is 0 Å². The highest BCUT2D eigenvalue weighted by Crippen LogP contribution is 2.39. The monoisotopic (exact) mass is 389 g/mol. The van der Waals surface area contributed by atoms with E-state index in [0.717, 1.165) is 37.5 Å². The van der Waals surface area contributed by atoms with Crippen LogP contribution in [0.25, 0.3) is 21.3 Å². The Balaban J connectivity index is 1.56. The minimum absolute atomic E-state index is 0.281. The Labute approximate surface area is 166 Å². The summed E-state index contributed by atoms with van der Waals surface area (Å²) in [5, 5.41) is 6.59. The highest BCUT2D eigenvalue weighted by Gasteiger charge is 2.15. The van der Waals surface area contributed by atoms with Gasteiger partial charge in [0.25, 0.3) is 0 Å². The second-order valence-electron chi connectivity index (χ2n) is 6.44. The average Bonchev–Trinajstić information content (AvgIpc) is 3.01. The van der Waals surface area contributed by atoms with Gasteiger partial charge >= 0.3 is 6.03 Å². The zero-order valence-corrected chi connectivity index (χ0v) is 16.3. The SMILES string of the molecule is Cc1ccccc1NC(=O)Nc1ccc(-c2c(C)sc3ncnc(N)c23)cc1. The molecule has 0 spiro atoms. The van der Waals surface area contributed by atoms with Crippen molar-refractivity contribution in [2.75, 3.05) is 16.4 Å². The number of aromatic nitrogens is 2. The highest BCUT2D eigenvalue weighted by molar-refractivity contribution is 7.19. The molecule has 4 N–H and O–H groups in total. The number of nitrogens with two attached hydrogens (primary N) is 1. The van der Waals surface area contributed by atoms with Gasteiger partial charge in [0.1, 0.15) is 17.0 Å². The summed E-state index contributed by atoms with van der Waals surface area (Å²) in [6.45, 7) is 4.00. The van der Waals surface area contributed by atoms with E-state index in [2.05, 4.69) is 20.6 Å². The Bertz CT molecular complexity index is 1170. The van der Waals surface area contributed by atoms with Crippen LogP contribution in [0.3, 0.4) is 0 Å². The van der Waals surface area contributed by atoms with Gasteiger partial charge in [0.15, 0.2) is 0 Å². The maximum Gasteiger partial charge on any atom is 0.323 e. The van der Waals surface area contributed by atoms with E-state index in [1.54, 1.807) is 11.3 Å². The van der Waals surface area contributed by atoms with E-state index in [0.29, 0.717) is 11.5 Å². The number of fused-ring (bicyclic) bond motifs is 1. The van der Waals surface area contributed by atoms with Crippen LogP contribution < -0.4 is 16.4 Å². The van der Waals surface area contributed by atoms with E-state index < -0.39 is 0 Å². The van der Waals surface area contributed by atoms with E-state index in [1.165, 1.54) is 6.33 Å². The Morgan fingerprint density at radius 2 is 1.75 bits per heavy atom. The van der Waals surface area contributed by atoms with E-state index >= 15 is 0 Å². The molecule has 0 aliphatic rings. The third-order valence-electron chi connectivity index (χ3n) is 4.52. The lowest BCUT2D eigenvalue weighted by atomic mass is 10.0. The Hall–Kier alpha value is -3.45. The second-order valence-corrected chi connectivity index (χ2v) is 7.65. The molecule has 6 nitrogen and oxygen atoms in total. The fourth-order valence-electron chi connectivity index (χ4n) is 3.13. The Morgan fingerprint density at radius 1 is 1.00 bits per heavy atom. The number of nitrogens with one attached hydrogen (secondary N) is 2. The number of hydrogen-bond acceptors (Lipinski definition) is 5. The minimum atomic E-state index is -0.281. The molecule has 0 saturated heterocycles. The number of nitrogen functional groups attached to an aromatic ring is 1. The molecule has 0 saturated carbocycles. The number of nitrogens with zero attached hydrogens (tertiary/aromatic N) is 2. The van der Waals surface area contributed by atoms with Crippen LogP contribution in [0.5, 0.6) is 0 Å². The standard InChI is InChI=1S/C21H19N5OS/c1-12-5-3-4-6-16(12)26-21(27)25-15-9-7-14(8-10-15)17-13(2)28-20-18(17)19(22)23-11-24-20/h3-11H,1-2H3,(H2,22,23,24)(H2,25,26,27). The van der Waals surface area contributed by atoms with Crippen molar-refractivity contribution in [3.05, 3.63) is 65.3 Å². The predicted octanol–water partition coefficient (Wildman–Crippen LogP) is 5.20. The fraction of sp³-hybridized carbons (Fsp3) is 0.0952. The maximum atomic E-state index is 12.3. The van der Waals surface area contributed by atoms with Gasteiger partial charge in [-0.05, 0) is 43.2 Å². The summed E-state index contributed by atoms with van der Waals surface area (Å²) in [6.07, 6.45) is 1.48. The number of anilines is 3. The number of para-hydroxylation sites is 1. The summed E-state index contributed by atoms with van der Waals surface area (Å²) in [5.74, 6) is 0.476. The van der Waals surface area contributed by atoms with E-state index in [9.17, 15) is 4.79 Å². The quantitative estimate of drug-likeness (QED) is 0.449. The molecular formula is C21H19N5OS. The molecule has 0 atom stereocenters. The van der Waals surface area contributed by atoms with Crippen LogP contribution in [-0.4, -0.2) is 16.0 Å². The molecule has 2 aromatic heterocycles. The summed E-state index contributed by atoms with van der Waals surface area (Å²) in [6, 6.07) is 15.0. The zero-order valence-electron chi connectivity index (χ0n) is 15.5. The largest absolute Gasteiger partial charge is 0.383 e. The van der Waals surface area contributed by atoms with Gasteiger partial charge in [-0.25, -0.2) is 14.8 Å². The molecule has 4 aromatic rings. The highest BCUT2D eigenvalue weighted by atomic mass is 32.1. The van der Waals surface area contributed by atoms with E-state index in [1.807, 2.05) is 62.4 Å². The number of amides is 2. The topological polar surface area (TPSA) is 92.9 Å². The average molecular weight is 389 g/mol. The number of carbonyl (C=O) groups is 1. The minimum Gasteiger partial charge on any atom is -0.383 e. The molecule has 140 valence electrons. The number of rotatable bonds is 3. The number of benzene rings is 2. The summed E-state index contributed by atoms with van der Waals surface area (Å²) in [4.78, 5) is 22.7. The Morgan fingerprint density at radius 3 is 2.50 bits per heavy atom. The van der Waals surface area contributed by atoms with Crippen molar-refractivity contribution in [3.8, 4) is 11.1 Å². The first-order chi connectivity index (χ1) is 13.5. The lowest BCUT2D eigenvalue weighted by Crippen LogP contribution is -2.19. The molecule has 0 fully saturated rings. The third kappa shape index (κ3) is 3.39. The van der Waals surface area contributed by atoms with E-state index in [-0.39, 0.29) is 6.03 Å². The van der Waals surface area contributed by atoms with Gasteiger partial charge in [0, 0.05) is 21.8 Å². The zero-order chi connectivity index (χ0) is 19.7. The fourth-order valence-corrected chi connectivity index (χ4v) is 4.15. The van der Waals surface area contributed by atoms with Crippen LogP contribution in [0.1, 0.15) is 10.4 Å². The van der Waals surface area contributed by atoms with Crippen LogP contribution in [0.15, 0.2) is 54.9 Å². The lowest BCUT2D eigenvalue weighted by Gasteiger charge is -2.10. The second kappa shape index (κ2) is 7.28. The molecule has 0 radical (unpaired) electrons. The smallest absolute Gasteiger partial charge is 0.323 e. The molecule has 7 heteroatoms. The lowest BCUT2D eigenvalue weighted by molar-refractivity contribution is 0.262.